The van der Waals surface area contributed by atoms with Crippen LogP contribution in [-0.4, -0.2) is 29.6 Å². The largest absolute Gasteiger partial charge is 0.423 e. The first-order valence-corrected chi connectivity index (χ1v) is 5.80. The zero-order valence-electron chi connectivity index (χ0n) is 10.5. The summed E-state index contributed by atoms with van der Waals surface area (Å²) in [7, 11) is 1.34. The van der Waals surface area contributed by atoms with Gasteiger partial charge in [0.15, 0.2) is 0 Å². The second kappa shape index (κ2) is 3.05. The van der Waals surface area contributed by atoms with E-state index in [1.165, 1.54) is 7.05 Å². The van der Waals surface area contributed by atoms with Crippen LogP contribution >= 0.6 is 0 Å². The topological polar surface area (TPSA) is 32.6 Å². The van der Waals surface area contributed by atoms with Gasteiger partial charge in [-0.3, -0.25) is 4.99 Å². The lowest BCUT2D eigenvalue weighted by Gasteiger charge is -2.45. The summed E-state index contributed by atoms with van der Waals surface area (Å²) >= 11 is 0. The molecule has 2 saturated carbocycles. The maximum atomic E-state index is 13.3. The molecule has 0 saturated heterocycles. The van der Waals surface area contributed by atoms with Crippen molar-refractivity contribution in [2.75, 3.05) is 7.05 Å². The van der Waals surface area contributed by atoms with E-state index in [-0.39, 0.29) is 11.6 Å². The lowest BCUT2D eigenvalue weighted by atomic mass is 9.64. The van der Waals surface area contributed by atoms with Gasteiger partial charge in [0.25, 0.3) is 0 Å². The van der Waals surface area contributed by atoms with Crippen LogP contribution in [0.4, 0.5) is 13.2 Å². The molecule has 0 amide bonds. The molecule has 0 aromatic carbocycles. The van der Waals surface area contributed by atoms with Gasteiger partial charge in [0, 0.05) is 18.4 Å². The van der Waals surface area contributed by atoms with Crippen LogP contribution in [0.2, 0.25) is 0 Å². The first kappa shape index (κ1) is 12.9. The SMILES string of the molecule is CN=C1[C@H]2CC[C@](C)(C2(C)C)[C@@]1(O)C(F)(F)F. The van der Waals surface area contributed by atoms with Crippen molar-refractivity contribution in [2.24, 2.45) is 21.7 Å². The third-order valence-corrected chi connectivity index (χ3v) is 5.38. The quantitative estimate of drug-likeness (QED) is 0.703. The molecule has 0 aromatic rings. The fraction of sp³-hybridized carbons (Fsp3) is 0.917. The van der Waals surface area contributed by atoms with Crippen molar-refractivity contribution in [3.05, 3.63) is 0 Å². The molecule has 1 N–H and O–H groups in total. The average molecular weight is 249 g/mol. The molecule has 2 rings (SSSR count). The summed E-state index contributed by atoms with van der Waals surface area (Å²) in [6.07, 6.45) is -3.60. The van der Waals surface area contributed by atoms with Crippen LogP contribution in [0.5, 0.6) is 0 Å². The van der Waals surface area contributed by atoms with Crippen molar-refractivity contribution in [2.45, 2.75) is 45.4 Å². The van der Waals surface area contributed by atoms with Gasteiger partial charge in [0.1, 0.15) is 0 Å². The molecule has 2 nitrogen and oxygen atoms in total. The van der Waals surface area contributed by atoms with Gasteiger partial charge in [-0.2, -0.15) is 13.2 Å². The number of halogens is 3. The lowest BCUT2D eigenvalue weighted by molar-refractivity contribution is -0.273. The zero-order chi connectivity index (χ0) is 13.3. The molecular formula is C12H18F3NO. The van der Waals surface area contributed by atoms with Gasteiger partial charge in [-0.25, -0.2) is 0 Å². The molecule has 3 atom stereocenters. The standard InChI is InChI=1S/C12H18F3NO/c1-9(2)7-5-6-10(9,3)11(17,8(7)16-4)12(13,14)15/h7,17H,5-6H2,1-4H3/t7-,10-,11-/m1/s1. The Hall–Kier alpha value is -0.580. The Morgan fingerprint density at radius 2 is 1.82 bits per heavy atom. The normalized spacial score (nSPS) is 46.8. The van der Waals surface area contributed by atoms with Crippen LogP contribution in [0.15, 0.2) is 4.99 Å². The van der Waals surface area contributed by atoms with E-state index in [2.05, 4.69) is 4.99 Å². The van der Waals surface area contributed by atoms with E-state index >= 15 is 0 Å². The molecule has 2 aliphatic carbocycles. The number of nitrogens with zero attached hydrogens (tertiary/aromatic N) is 1. The highest BCUT2D eigenvalue weighted by Crippen LogP contribution is 2.71. The minimum absolute atomic E-state index is 0.0799. The monoisotopic (exact) mass is 249 g/mol. The predicted octanol–water partition coefficient (Wildman–Crippen LogP) is 2.81. The van der Waals surface area contributed by atoms with E-state index in [4.69, 9.17) is 0 Å². The van der Waals surface area contributed by atoms with Crippen molar-refractivity contribution in [3.63, 3.8) is 0 Å². The third kappa shape index (κ3) is 1.09. The maximum absolute atomic E-state index is 13.3. The summed E-state index contributed by atoms with van der Waals surface area (Å²) in [6.45, 7) is 5.15. The summed E-state index contributed by atoms with van der Waals surface area (Å²) < 4.78 is 39.9. The van der Waals surface area contributed by atoms with Crippen molar-refractivity contribution in [1.82, 2.24) is 0 Å². The van der Waals surface area contributed by atoms with E-state index in [1.54, 1.807) is 20.8 Å². The molecule has 2 aliphatic rings. The fourth-order valence-corrected chi connectivity index (χ4v) is 3.94. The van der Waals surface area contributed by atoms with Crippen molar-refractivity contribution in [3.8, 4) is 0 Å². The molecule has 5 heteroatoms. The molecule has 0 radical (unpaired) electrons. The molecule has 0 unspecified atom stereocenters. The number of hydrogen-bond acceptors (Lipinski definition) is 2. The minimum Gasteiger partial charge on any atom is -0.375 e. The van der Waals surface area contributed by atoms with E-state index in [0.29, 0.717) is 12.8 Å². The summed E-state index contributed by atoms with van der Waals surface area (Å²) in [6, 6.07) is 0. The molecule has 98 valence electrons. The third-order valence-electron chi connectivity index (χ3n) is 5.38. The molecule has 2 fully saturated rings. The summed E-state index contributed by atoms with van der Waals surface area (Å²) in [5, 5.41) is 10.3. The minimum atomic E-state index is -4.66. The van der Waals surface area contributed by atoms with Crippen LogP contribution < -0.4 is 0 Å². The fourth-order valence-electron chi connectivity index (χ4n) is 3.94. The van der Waals surface area contributed by atoms with Crippen LogP contribution in [0, 0.1) is 16.7 Å². The van der Waals surface area contributed by atoms with Gasteiger partial charge >= 0.3 is 6.18 Å². The Morgan fingerprint density at radius 3 is 2.18 bits per heavy atom. The number of alkyl halides is 3. The highest BCUT2D eigenvalue weighted by molar-refractivity contribution is 6.00. The Morgan fingerprint density at radius 1 is 1.29 bits per heavy atom. The highest BCUT2D eigenvalue weighted by atomic mass is 19.4. The summed E-state index contributed by atoms with van der Waals surface area (Å²) in [5.41, 5.74) is -4.60. The Labute approximate surface area is 98.9 Å². The predicted molar refractivity (Wildman–Crippen MR) is 59.0 cm³/mol. The molecule has 0 aromatic heterocycles. The number of fused-ring (bicyclic) bond motifs is 2. The summed E-state index contributed by atoms with van der Waals surface area (Å²) in [5.74, 6) is -0.274. The Kier molecular flexibility index (Phi) is 2.31. The van der Waals surface area contributed by atoms with Gasteiger partial charge in [-0.1, -0.05) is 20.8 Å². The molecular weight excluding hydrogens is 231 g/mol. The van der Waals surface area contributed by atoms with Crippen molar-refractivity contribution < 1.29 is 18.3 Å². The van der Waals surface area contributed by atoms with Gasteiger partial charge < -0.3 is 5.11 Å². The Balaban J connectivity index is 2.70. The van der Waals surface area contributed by atoms with E-state index in [1.807, 2.05) is 0 Å². The molecule has 2 bridgehead atoms. The van der Waals surface area contributed by atoms with Crippen molar-refractivity contribution >= 4 is 5.71 Å². The first-order valence-electron chi connectivity index (χ1n) is 5.80. The number of hydrogen-bond donors (Lipinski definition) is 1. The van der Waals surface area contributed by atoms with E-state index in [9.17, 15) is 18.3 Å². The molecule has 0 aliphatic heterocycles. The molecule has 0 spiro atoms. The van der Waals surface area contributed by atoms with Gasteiger partial charge in [-0.15, -0.1) is 0 Å². The number of aliphatic imine (C=N–C) groups is 1. The van der Waals surface area contributed by atoms with Crippen LogP contribution in [-0.2, 0) is 0 Å². The summed E-state index contributed by atoms with van der Waals surface area (Å²) in [4.78, 5) is 3.78. The maximum Gasteiger partial charge on any atom is 0.423 e. The first-order chi connectivity index (χ1) is 7.54. The highest BCUT2D eigenvalue weighted by Gasteiger charge is 2.80. The zero-order valence-corrected chi connectivity index (χ0v) is 10.5. The van der Waals surface area contributed by atoms with Gasteiger partial charge in [-0.05, 0) is 18.3 Å². The number of rotatable bonds is 0. The lowest BCUT2D eigenvalue weighted by Crippen LogP contribution is -2.61. The van der Waals surface area contributed by atoms with Crippen LogP contribution in [0.3, 0.4) is 0 Å². The second-order valence-corrected chi connectivity index (χ2v) is 5.96. The van der Waals surface area contributed by atoms with E-state index in [0.717, 1.165) is 0 Å². The molecule has 17 heavy (non-hydrogen) atoms. The van der Waals surface area contributed by atoms with Gasteiger partial charge in [0.2, 0.25) is 5.60 Å². The van der Waals surface area contributed by atoms with Crippen LogP contribution in [0.1, 0.15) is 33.6 Å². The van der Waals surface area contributed by atoms with Crippen LogP contribution in [0.25, 0.3) is 0 Å². The number of aliphatic hydroxyl groups is 1. The second-order valence-electron chi connectivity index (χ2n) is 5.96. The molecule has 0 heterocycles. The van der Waals surface area contributed by atoms with E-state index < -0.39 is 22.6 Å². The van der Waals surface area contributed by atoms with Gasteiger partial charge in [0.05, 0.1) is 5.71 Å². The smallest absolute Gasteiger partial charge is 0.375 e. The average Bonchev–Trinajstić information content (AvgIpc) is 2.47. The Bertz CT molecular complexity index is 388. The van der Waals surface area contributed by atoms with Crippen molar-refractivity contribution in [1.29, 1.82) is 0 Å².